The van der Waals surface area contributed by atoms with Crippen molar-refractivity contribution in [1.82, 2.24) is 0 Å². The van der Waals surface area contributed by atoms with Crippen LogP contribution >= 0.6 is 0 Å². The Labute approximate surface area is 104 Å². The first-order chi connectivity index (χ1) is 8.02. The molecule has 3 heteroatoms. The summed E-state index contributed by atoms with van der Waals surface area (Å²) in [6.07, 6.45) is 6.98. The molecule has 1 aliphatic carbocycles. The predicted molar refractivity (Wildman–Crippen MR) is 67.8 cm³/mol. The topological polar surface area (TPSA) is 57.5 Å². The number of aliphatic carboxylic acids is 1. The lowest BCUT2D eigenvalue weighted by Gasteiger charge is -2.42. The molecule has 3 nitrogen and oxygen atoms in total. The van der Waals surface area contributed by atoms with E-state index in [4.69, 9.17) is 5.11 Å². The number of aliphatic hydroxyl groups excluding tert-OH is 1. The van der Waals surface area contributed by atoms with Gasteiger partial charge in [0.05, 0.1) is 6.10 Å². The Kier molecular flexibility index (Phi) is 5.19. The number of unbranched alkanes of at least 4 members (excludes halogenated alkanes) is 1. The van der Waals surface area contributed by atoms with Crippen molar-refractivity contribution < 1.29 is 15.0 Å². The monoisotopic (exact) mass is 240 g/mol. The summed E-state index contributed by atoms with van der Waals surface area (Å²) in [7, 11) is 0. The molecule has 0 radical (unpaired) electrons. The van der Waals surface area contributed by atoms with Crippen LogP contribution in [0.15, 0.2) is 12.2 Å². The van der Waals surface area contributed by atoms with Crippen molar-refractivity contribution in [3.05, 3.63) is 12.2 Å². The van der Waals surface area contributed by atoms with E-state index in [2.05, 4.69) is 13.5 Å². The molecular formula is C14H24O3. The van der Waals surface area contributed by atoms with Gasteiger partial charge in [-0.1, -0.05) is 39.2 Å². The highest BCUT2D eigenvalue weighted by molar-refractivity contribution is 5.85. The van der Waals surface area contributed by atoms with Crippen LogP contribution in [0, 0.1) is 5.41 Å². The summed E-state index contributed by atoms with van der Waals surface area (Å²) < 4.78 is 0. The van der Waals surface area contributed by atoms with Gasteiger partial charge in [0.1, 0.15) is 0 Å². The van der Waals surface area contributed by atoms with Crippen LogP contribution in [0.3, 0.4) is 0 Å². The van der Waals surface area contributed by atoms with E-state index >= 15 is 0 Å². The van der Waals surface area contributed by atoms with Crippen molar-refractivity contribution >= 4 is 5.97 Å². The first kappa shape index (κ1) is 14.2. The van der Waals surface area contributed by atoms with E-state index in [9.17, 15) is 9.90 Å². The summed E-state index contributed by atoms with van der Waals surface area (Å²) in [5, 5.41) is 19.2. The molecule has 1 saturated carbocycles. The second-order valence-corrected chi connectivity index (χ2v) is 5.31. The lowest BCUT2D eigenvalue weighted by Crippen LogP contribution is -2.39. The van der Waals surface area contributed by atoms with Crippen LogP contribution in [0.4, 0.5) is 0 Å². The van der Waals surface area contributed by atoms with Crippen molar-refractivity contribution in [3.63, 3.8) is 0 Å². The molecule has 0 bridgehead atoms. The predicted octanol–water partition coefficient (Wildman–Crippen LogP) is 3.13. The van der Waals surface area contributed by atoms with E-state index in [1.54, 1.807) is 0 Å². The molecule has 0 spiro atoms. The highest BCUT2D eigenvalue weighted by Gasteiger charge is 2.40. The fourth-order valence-corrected chi connectivity index (χ4v) is 2.90. The normalized spacial score (nSPS) is 28.9. The fourth-order valence-electron chi connectivity index (χ4n) is 2.90. The molecule has 0 heterocycles. The summed E-state index contributed by atoms with van der Waals surface area (Å²) >= 11 is 0. The fraction of sp³-hybridized carbons (Fsp3) is 0.786. The smallest absolute Gasteiger partial charge is 0.330 e. The van der Waals surface area contributed by atoms with Gasteiger partial charge in [-0.15, -0.1) is 0 Å². The highest BCUT2D eigenvalue weighted by atomic mass is 16.4. The van der Waals surface area contributed by atoms with Crippen LogP contribution in [0.5, 0.6) is 0 Å². The minimum atomic E-state index is -0.932. The largest absolute Gasteiger partial charge is 0.478 e. The Hall–Kier alpha value is -0.830. The Bertz CT molecular complexity index is 285. The highest BCUT2D eigenvalue weighted by Crippen LogP contribution is 2.45. The summed E-state index contributed by atoms with van der Waals surface area (Å²) in [6.45, 7) is 5.75. The van der Waals surface area contributed by atoms with Crippen LogP contribution < -0.4 is 0 Å². The van der Waals surface area contributed by atoms with Gasteiger partial charge >= 0.3 is 5.97 Å². The second-order valence-electron chi connectivity index (χ2n) is 5.31. The zero-order valence-corrected chi connectivity index (χ0v) is 10.7. The minimum Gasteiger partial charge on any atom is -0.478 e. The molecule has 98 valence electrons. The third-order valence-electron chi connectivity index (χ3n) is 4.01. The molecule has 1 rings (SSSR count). The van der Waals surface area contributed by atoms with Crippen LogP contribution in [0.25, 0.3) is 0 Å². The summed E-state index contributed by atoms with van der Waals surface area (Å²) in [5.74, 6) is -0.932. The number of aliphatic hydroxyl groups is 1. The number of hydrogen-bond donors (Lipinski definition) is 2. The Morgan fingerprint density at radius 2 is 2.18 bits per heavy atom. The average molecular weight is 240 g/mol. The molecule has 17 heavy (non-hydrogen) atoms. The molecule has 2 unspecified atom stereocenters. The lowest BCUT2D eigenvalue weighted by molar-refractivity contribution is -0.133. The van der Waals surface area contributed by atoms with Crippen molar-refractivity contribution in [2.45, 2.75) is 64.4 Å². The van der Waals surface area contributed by atoms with Crippen molar-refractivity contribution in [2.75, 3.05) is 0 Å². The second kappa shape index (κ2) is 6.20. The summed E-state index contributed by atoms with van der Waals surface area (Å²) in [6, 6.07) is 0. The number of carbonyl (C=O) groups is 1. The molecule has 1 fully saturated rings. The Morgan fingerprint density at radius 1 is 1.47 bits per heavy atom. The van der Waals surface area contributed by atoms with Crippen LogP contribution in [-0.4, -0.2) is 22.3 Å². The molecule has 0 aromatic heterocycles. The van der Waals surface area contributed by atoms with Gasteiger partial charge in [-0.05, 0) is 25.7 Å². The zero-order valence-electron chi connectivity index (χ0n) is 10.7. The third kappa shape index (κ3) is 3.56. The Balaban J connectivity index is 2.76. The number of rotatable bonds is 6. The van der Waals surface area contributed by atoms with Gasteiger partial charge in [-0.25, -0.2) is 4.79 Å². The standard InChI is InChI=1S/C14H24O3/c1-3-4-8-14(10-11(2)13(16)17)9-6-5-7-12(14)15/h12,15H,2-10H2,1H3,(H,16,17). The van der Waals surface area contributed by atoms with Gasteiger partial charge in [0.15, 0.2) is 0 Å². The Morgan fingerprint density at radius 3 is 2.71 bits per heavy atom. The first-order valence-electron chi connectivity index (χ1n) is 6.61. The van der Waals surface area contributed by atoms with Crippen LogP contribution in [0.1, 0.15) is 58.3 Å². The third-order valence-corrected chi connectivity index (χ3v) is 4.01. The summed E-state index contributed by atoms with van der Waals surface area (Å²) in [5.41, 5.74) is 0.00560. The van der Waals surface area contributed by atoms with Gasteiger partial charge in [-0.3, -0.25) is 0 Å². The van der Waals surface area contributed by atoms with Gasteiger partial charge in [0.2, 0.25) is 0 Å². The molecule has 0 amide bonds. The maximum atomic E-state index is 10.9. The first-order valence-corrected chi connectivity index (χ1v) is 6.61. The van der Waals surface area contributed by atoms with Crippen molar-refractivity contribution in [1.29, 1.82) is 0 Å². The quantitative estimate of drug-likeness (QED) is 0.701. The maximum Gasteiger partial charge on any atom is 0.330 e. The maximum absolute atomic E-state index is 10.9. The molecule has 0 aromatic rings. The van der Waals surface area contributed by atoms with E-state index in [1.165, 1.54) is 0 Å². The van der Waals surface area contributed by atoms with Crippen molar-refractivity contribution in [3.8, 4) is 0 Å². The SMILES string of the molecule is C=C(CC1(CCCC)CCCCC1O)C(=O)O. The molecule has 0 aliphatic heterocycles. The molecular weight excluding hydrogens is 216 g/mol. The van der Waals surface area contributed by atoms with E-state index < -0.39 is 5.97 Å². The zero-order chi connectivity index (χ0) is 12.9. The average Bonchev–Trinajstić information content (AvgIpc) is 2.30. The molecule has 0 aromatic carbocycles. The number of hydrogen-bond acceptors (Lipinski definition) is 2. The molecule has 1 aliphatic rings. The van der Waals surface area contributed by atoms with Gasteiger partial charge < -0.3 is 10.2 Å². The summed E-state index contributed by atoms with van der Waals surface area (Å²) in [4.78, 5) is 10.9. The van der Waals surface area contributed by atoms with Crippen LogP contribution in [-0.2, 0) is 4.79 Å². The molecule has 0 saturated heterocycles. The lowest BCUT2D eigenvalue weighted by atomic mass is 9.65. The van der Waals surface area contributed by atoms with Gasteiger partial charge in [0, 0.05) is 11.0 Å². The molecule has 2 atom stereocenters. The van der Waals surface area contributed by atoms with Gasteiger partial charge in [-0.2, -0.15) is 0 Å². The van der Waals surface area contributed by atoms with E-state index in [0.717, 1.165) is 44.9 Å². The van der Waals surface area contributed by atoms with Crippen molar-refractivity contribution in [2.24, 2.45) is 5.41 Å². The van der Waals surface area contributed by atoms with E-state index in [-0.39, 0.29) is 17.1 Å². The number of carboxylic acid groups (broad SMARTS) is 1. The van der Waals surface area contributed by atoms with Gasteiger partial charge in [0.25, 0.3) is 0 Å². The van der Waals surface area contributed by atoms with E-state index in [1.807, 2.05) is 0 Å². The number of carboxylic acids is 1. The van der Waals surface area contributed by atoms with Crippen LogP contribution in [0.2, 0.25) is 0 Å². The van der Waals surface area contributed by atoms with E-state index in [0.29, 0.717) is 6.42 Å². The molecule has 2 N–H and O–H groups in total. The minimum absolute atomic E-state index is 0.232.